The van der Waals surface area contributed by atoms with Gasteiger partial charge in [0.05, 0.1) is 23.9 Å². The number of aliphatic hydroxyl groups is 1. The molecule has 1 aromatic heterocycles. The van der Waals surface area contributed by atoms with E-state index >= 15 is 0 Å². The standard InChI is InChI=1S/C22H28N2O4/c1-13-10-22(12-24(13)20(26)28-21(3,4)5)11-17(25)18-15-8-6-7-9-16(15)23-14(2)19(18)27-22/h6-9,13,17,25H,10-12H2,1-5H3. The number of amides is 1. The Balaban J connectivity index is 1.68. The lowest BCUT2D eigenvalue weighted by atomic mass is 9.85. The van der Waals surface area contributed by atoms with Crippen LogP contribution in [0.5, 0.6) is 5.75 Å². The Bertz CT molecular complexity index is 936. The number of carbonyl (C=O) groups excluding carboxylic acids is 1. The Morgan fingerprint density at radius 1 is 1.32 bits per heavy atom. The van der Waals surface area contributed by atoms with Gasteiger partial charge in [0.2, 0.25) is 0 Å². The number of pyridine rings is 1. The number of aliphatic hydroxyl groups excluding tert-OH is 1. The summed E-state index contributed by atoms with van der Waals surface area (Å²) in [7, 11) is 0. The SMILES string of the molecule is Cc1nc2ccccc2c2c1OC1(CC2O)CC(C)N(C(=O)OC(C)(C)C)C1. The number of aromatic nitrogens is 1. The van der Waals surface area contributed by atoms with Gasteiger partial charge in [-0.25, -0.2) is 9.78 Å². The number of benzene rings is 1. The number of hydrogen-bond acceptors (Lipinski definition) is 5. The van der Waals surface area contributed by atoms with Crippen molar-refractivity contribution in [3.63, 3.8) is 0 Å². The van der Waals surface area contributed by atoms with Gasteiger partial charge in [-0.2, -0.15) is 0 Å². The minimum atomic E-state index is -0.666. The molecule has 3 unspecified atom stereocenters. The fourth-order valence-corrected chi connectivity index (χ4v) is 4.49. The zero-order valence-corrected chi connectivity index (χ0v) is 17.2. The van der Waals surface area contributed by atoms with E-state index in [0.717, 1.165) is 22.2 Å². The van der Waals surface area contributed by atoms with E-state index < -0.39 is 17.3 Å². The van der Waals surface area contributed by atoms with Crippen LogP contribution in [0.4, 0.5) is 4.79 Å². The predicted octanol–water partition coefficient (Wildman–Crippen LogP) is 4.13. The molecular formula is C22H28N2O4. The van der Waals surface area contributed by atoms with E-state index in [4.69, 9.17) is 9.47 Å². The normalized spacial score (nSPS) is 27.0. The van der Waals surface area contributed by atoms with E-state index in [1.807, 2.05) is 58.9 Å². The molecule has 1 spiro atoms. The summed E-state index contributed by atoms with van der Waals surface area (Å²) >= 11 is 0. The summed E-state index contributed by atoms with van der Waals surface area (Å²) in [4.78, 5) is 19.0. The first-order valence-electron chi connectivity index (χ1n) is 9.84. The van der Waals surface area contributed by atoms with E-state index in [1.165, 1.54) is 0 Å². The number of fused-ring (bicyclic) bond motifs is 3. The fourth-order valence-electron chi connectivity index (χ4n) is 4.49. The summed E-state index contributed by atoms with van der Waals surface area (Å²) in [6, 6.07) is 7.77. The van der Waals surface area contributed by atoms with Gasteiger partial charge in [0.15, 0.2) is 0 Å². The van der Waals surface area contributed by atoms with Gasteiger partial charge >= 0.3 is 6.09 Å². The number of ether oxygens (including phenoxy) is 2. The quantitative estimate of drug-likeness (QED) is 0.739. The molecule has 1 saturated heterocycles. The predicted molar refractivity (Wildman–Crippen MR) is 106 cm³/mol. The van der Waals surface area contributed by atoms with Gasteiger partial charge in [0.1, 0.15) is 17.0 Å². The molecule has 0 aliphatic carbocycles. The summed E-state index contributed by atoms with van der Waals surface area (Å²) in [6.07, 6.45) is 0.0850. The van der Waals surface area contributed by atoms with E-state index in [2.05, 4.69) is 4.98 Å². The van der Waals surface area contributed by atoms with Crippen LogP contribution in [-0.2, 0) is 4.74 Å². The van der Waals surface area contributed by atoms with E-state index in [1.54, 1.807) is 4.90 Å². The van der Waals surface area contributed by atoms with Crippen LogP contribution < -0.4 is 4.74 Å². The van der Waals surface area contributed by atoms with Gasteiger partial charge in [0, 0.05) is 29.8 Å². The number of nitrogens with zero attached hydrogens (tertiary/aromatic N) is 2. The molecule has 0 saturated carbocycles. The summed E-state index contributed by atoms with van der Waals surface area (Å²) < 4.78 is 12.1. The van der Waals surface area contributed by atoms with Crippen molar-refractivity contribution in [3.8, 4) is 5.75 Å². The summed E-state index contributed by atoms with van der Waals surface area (Å²) in [5, 5.41) is 12.0. The number of likely N-dealkylation sites (tertiary alicyclic amines) is 1. The fraction of sp³-hybridized carbons (Fsp3) is 0.545. The average Bonchev–Trinajstić information content (AvgIpc) is 2.89. The molecule has 4 rings (SSSR count). The van der Waals surface area contributed by atoms with Gasteiger partial charge in [-0.3, -0.25) is 0 Å². The Labute approximate surface area is 165 Å². The van der Waals surface area contributed by atoms with Crippen molar-refractivity contribution in [3.05, 3.63) is 35.5 Å². The molecule has 2 aliphatic heterocycles. The first-order chi connectivity index (χ1) is 13.1. The molecule has 1 N–H and O–H groups in total. The van der Waals surface area contributed by atoms with E-state index in [-0.39, 0.29) is 12.1 Å². The molecule has 2 aliphatic rings. The Morgan fingerprint density at radius 2 is 2.04 bits per heavy atom. The van der Waals surface area contributed by atoms with Crippen molar-refractivity contribution < 1.29 is 19.4 Å². The number of aryl methyl sites for hydroxylation is 1. The summed E-state index contributed by atoms with van der Waals surface area (Å²) in [6.45, 7) is 9.87. The van der Waals surface area contributed by atoms with Gasteiger partial charge in [-0.05, 0) is 40.7 Å². The van der Waals surface area contributed by atoms with Crippen molar-refractivity contribution in [2.75, 3.05) is 6.54 Å². The van der Waals surface area contributed by atoms with Crippen molar-refractivity contribution in [2.45, 2.75) is 70.8 Å². The molecule has 3 heterocycles. The molecule has 1 amide bonds. The maximum absolute atomic E-state index is 12.6. The third-order valence-electron chi connectivity index (χ3n) is 5.56. The highest BCUT2D eigenvalue weighted by molar-refractivity contribution is 5.85. The van der Waals surface area contributed by atoms with E-state index in [9.17, 15) is 9.90 Å². The molecular weight excluding hydrogens is 356 g/mol. The first-order valence-corrected chi connectivity index (χ1v) is 9.84. The second kappa shape index (κ2) is 6.34. The molecule has 6 nitrogen and oxygen atoms in total. The Kier molecular flexibility index (Phi) is 4.30. The number of hydrogen-bond donors (Lipinski definition) is 1. The molecule has 0 radical (unpaired) electrons. The Morgan fingerprint density at radius 3 is 2.75 bits per heavy atom. The highest BCUT2D eigenvalue weighted by atomic mass is 16.6. The Hall–Kier alpha value is -2.34. The topological polar surface area (TPSA) is 71.9 Å². The zero-order valence-electron chi connectivity index (χ0n) is 17.2. The highest BCUT2D eigenvalue weighted by Crippen LogP contribution is 2.48. The maximum atomic E-state index is 12.6. The summed E-state index contributed by atoms with van der Waals surface area (Å²) in [5.41, 5.74) is 1.24. The highest BCUT2D eigenvalue weighted by Gasteiger charge is 2.51. The maximum Gasteiger partial charge on any atom is 0.410 e. The largest absolute Gasteiger partial charge is 0.483 e. The average molecular weight is 384 g/mol. The lowest BCUT2D eigenvalue weighted by Crippen LogP contribution is -2.46. The lowest BCUT2D eigenvalue weighted by Gasteiger charge is -2.39. The molecule has 1 aromatic carbocycles. The molecule has 0 bridgehead atoms. The van der Waals surface area contributed by atoms with Crippen molar-refractivity contribution >= 4 is 17.0 Å². The molecule has 150 valence electrons. The lowest BCUT2D eigenvalue weighted by molar-refractivity contribution is -0.0131. The van der Waals surface area contributed by atoms with Gasteiger partial charge < -0.3 is 19.5 Å². The second-order valence-corrected chi connectivity index (χ2v) is 9.12. The van der Waals surface area contributed by atoms with Crippen LogP contribution in [0.25, 0.3) is 10.9 Å². The second-order valence-electron chi connectivity index (χ2n) is 9.12. The van der Waals surface area contributed by atoms with Crippen LogP contribution in [0.1, 0.15) is 57.9 Å². The smallest absolute Gasteiger partial charge is 0.410 e. The number of rotatable bonds is 0. The molecule has 1 fully saturated rings. The third kappa shape index (κ3) is 3.20. The van der Waals surface area contributed by atoms with Crippen LogP contribution in [0, 0.1) is 6.92 Å². The van der Waals surface area contributed by atoms with Crippen molar-refractivity contribution in [1.29, 1.82) is 0 Å². The summed E-state index contributed by atoms with van der Waals surface area (Å²) in [5.74, 6) is 0.649. The molecule has 28 heavy (non-hydrogen) atoms. The van der Waals surface area contributed by atoms with Crippen LogP contribution >= 0.6 is 0 Å². The van der Waals surface area contributed by atoms with Gasteiger partial charge in [0.25, 0.3) is 0 Å². The number of para-hydroxylation sites is 1. The number of carbonyl (C=O) groups is 1. The molecule has 3 atom stereocenters. The van der Waals surface area contributed by atoms with Crippen LogP contribution in [0.2, 0.25) is 0 Å². The zero-order chi connectivity index (χ0) is 20.3. The van der Waals surface area contributed by atoms with Crippen molar-refractivity contribution in [2.24, 2.45) is 0 Å². The van der Waals surface area contributed by atoms with Gasteiger partial charge in [-0.1, -0.05) is 18.2 Å². The van der Waals surface area contributed by atoms with Crippen LogP contribution in [-0.4, -0.2) is 44.9 Å². The third-order valence-corrected chi connectivity index (χ3v) is 5.56. The van der Waals surface area contributed by atoms with E-state index in [0.29, 0.717) is 25.1 Å². The first kappa shape index (κ1) is 19.0. The molecule has 6 heteroatoms. The van der Waals surface area contributed by atoms with Crippen molar-refractivity contribution in [1.82, 2.24) is 9.88 Å². The minimum Gasteiger partial charge on any atom is -0.483 e. The monoisotopic (exact) mass is 384 g/mol. The molecule has 2 aromatic rings. The minimum absolute atomic E-state index is 0.0303. The van der Waals surface area contributed by atoms with Crippen LogP contribution in [0.15, 0.2) is 24.3 Å². The van der Waals surface area contributed by atoms with Gasteiger partial charge in [-0.15, -0.1) is 0 Å². The van der Waals surface area contributed by atoms with Crippen LogP contribution in [0.3, 0.4) is 0 Å².